The first-order chi connectivity index (χ1) is 10.00. The molecule has 0 atom stereocenters. The van der Waals surface area contributed by atoms with E-state index in [9.17, 15) is 13.2 Å². The first-order valence-corrected chi connectivity index (χ1v) is 7.82. The number of carboxylic acid groups (broad SMARTS) is 1. The second-order valence-corrected chi connectivity index (χ2v) is 6.63. The zero-order valence-corrected chi connectivity index (χ0v) is 11.8. The van der Waals surface area contributed by atoms with Gasteiger partial charge in [-0.3, -0.25) is 9.40 Å². The lowest BCUT2D eigenvalue weighted by atomic mass is 10.0. The van der Waals surface area contributed by atoms with Crippen LogP contribution in [0.5, 0.6) is 0 Å². The average molecular weight is 307 g/mol. The summed E-state index contributed by atoms with van der Waals surface area (Å²) in [6, 6.07) is 4.51. The summed E-state index contributed by atoms with van der Waals surface area (Å²) in [5.41, 5.74) is 1.43. The highest BCUT2D eigenvalue weighted by molar-refractivity contribution is 7.92. The van der Waals surface area contributed by atoms with Crippen LogP contribution in [0.25, 0.3) is 0 Å². The normalized spacial score (nSPS) is 14.8. The third-order valence-electron chi connectivity index (χ3n) is 3.46. The largest absolute Gasteiger partial charge is 0.478 e. The van der Waals surface area contributed by atoms with Gasteiger partial charge < -0.3 is 5.11 Å². The third-order valence-corrected chi connectivity index (χ3v) is 5.24. The number of nitrogens with zero attached hydrogens (tertiary/aromatic N) is 2. The van der Waals surface area contributed by atoms with Crippen molar-refractivity contribution in [1.82, 2.24) is 10.2 Å². The number of carboxylic acids is 1. The minimum absolute atomic E-state index is 0.0951. The van der Waals surface area contributed by atoms with E-state index in [4.69, 9.17) is 5.11 Å². The molecule has 1 aromatic carbocycles. The van der Waals surface area contributed by atoms with Crippen molar-refractivity contribution in [3.8, 4) is 0 Å². The highest BCUT2D eigenvalue weighted by Gasteiger charge is 2.30. The molecule has 110 valence electrons. The molecule has 2 heterocycles. The van der Waals surface area contributed by atoms with Crippen molar-refractivity contribution < 1.29 is 18.3 Å². The van der Waals surface area contributed by atoms with Crippen LogP contribution in [0.15, 0.2) is 35.5 Å². The van der Waals surface area contributed by atoms with Crippen molar-refractivity contribution in [1.29, 1.82) is 0 Å². The van der Waals surface area contributed by atoms with E-state index >= 15 is 0 Å². The zero-order chi connectivity index (χ0) is 15.0. The Hall–Kier alpha value is -2.35. The van der Waals surface area contributed by atoms with Crippen molar-refractivity contribution in [3.05, 3.63) is 41.7 Å². The summed E-state index contributed by atoms with van der Waals surface area (Å²) < 4.78 is 26.5. The van der Waals surface area contributed by atoms with Gasteiger partial charge in [0.15, 0.2) is 0 Å². The molecule has 1 aliphatic heterocycles. The molecular weight excluding hydrogens is 294 g/mol. The van der Waals surface area contributed by atoms with Crippen LogP contribution in [-0.4, -0.2) is 36.2 Å². The van der Waals surface area contributed by atoms with Crippen LogP contribution in [0.4, 0.5) is 5.69 Å². The number of hydrogen-bond donors (Lipinski definition) is 2. The van der Waals surface area contributed by atoms with Gasteiger partial charge in [-0.25, -0.2) is 13.2 Å². The molecule has 0 radical (unpaired) electrons. The Labute approximate surface area is 121 Å². The molecule has 1 aromatic heterocycles. The van der Waals surface area contributed by atoms with Crippen LogP contribution in [0, 0.1) is 0 Å². The van der Waals surface area contributed by atoms with Gasteiger partial charge in [-0.05, 0) is 36.6 Å². The summed E-state index contributed by atoms with van der Waals surface area (Å²) >= 11 is 0. The van der Waals surface area contributed by atoms with Crippen molar-refractivity contribution >= 4 is 21.7 Å². The Morgan fingerprint density at radius 3 is 2.86 bits per heavy atom. The molecule has 21 heavy (non-hydrogen) atoms. The van der Waals surface area contributed by atoms with Crippen LogP contribution >= 0.6 is 0 Å². The predicted octanol–water partition coefficient (Wildman–Crippen LogP) is 1.25. The molecule has 1 aliphatic rings. The van der Waals surface area contributed by atoms with E-state index < -0.39 is 16.0 Å². The lowest BCUT2D eigenvalue weighted by Crippen LogP contribution is -2.35. The number of nitrogens with one attached hydrogen (secondary N) is 1. The molecule has 7 nitrogen and oxygen atoms in total. The highest BCUT2D eigenvalue weighted by atomic mass is 32.2. The van der Waals surface area contributed by atoms with E-state index in [1.54, 1.807) is 6.07 Å². The Morgan fingerprint density at radius 1 is 1.38 bits per heavy atom. The van der Waals surface area contributed by atoms with Gasteiger partial charge in [-0.1, -0.05) is 0 Å². The van der Waals surface area contributed by atoms with E-state index in [0.29, 0.717) is 25.1 Å². The van der Waals surface area contributed by atoms with Crippen LogP contribution < -0.4 is 4.31 Å². The molecule has 2 N–H and O–H groups in total. The predicted molar refractivity (Wildman–Crippen MR) is 74.8 cm³/mol. The molecule has 3 rings (SSSR count). The number of carbonyl (C=O) groups is 1. The second kappa shape index (κ2) is 4.88. The Morgan fingerprint density at radius 2 is 2.19 bits per heavy atom. The van der Waals surface area contributed by atoms with Crippen molar-refractivity contribution in [3.63, 3.8) is 0 Å². The minimum atomic E-state index is -3.67. The molecule has 0 saturated carbocycles. The topological polar surface area (TPSA) is 103 Å². The molecule has 8 heteroatoms. The number of aryl methyl sites for hydroxylation is 1. The fourth-order valence-corrected chi connectivity index (χ4v) is 3.90. The maximum Gasteiger partial charge on any atom is 0.335 e. The number of aromatic carboxylic acids is 1. The lowest BCUT2D eigenvalue weighted by molar-refractivity contribution is 0.0697. The minimum Gasteiger partial charge on any atom is -0.478 e. The number of anilines is 1. The number of aromatic amines is 1. The standard InChI is InChI=1S/C13H13N3O4S/c17-13(18)10-3-4-12-9(6-10)2-1-5-16(12)21(19,20)11-7-14-15-8-11/h3-4,6-8H,1-2,5H2,(H,14,15)(H,17,18). The molecule has 0 unspecified atom stereocenters. The van der Waals surface area contributed by atoms with Gasteiger partial charge in [0.1, 0.15) is 4.90 Å². The zero-order valence-electron chi connectivity index (χ0n) is 11.0. The van der Waals surface area contributed by atoms with Gasteiger partial charge in [0, 0.05) is 12.7 Å². The smallest absolute Gasteiger partial charge is 0.335 e. The first kappa shape index (κ1) is 13.6. The van der Waals surface area contributed by atoms with Crippen molar-refractivity contribution in [2.75, 3.05) is 10.8 Å². The van der Waals surface area contributed by atoms with Crippen LogP contribution in [0.3, 0.4) is 0 Å². The van der Waals surface area contributed by atoms with E-state index in [-0.39, 0.29) is 10.5 Å². The SMILES string of the molecule is O=C(O)c1ccc2c(c1)CCCN2S(=O)(=O)c1cn[nH]c1. The summed E-state index contributed by atoms with van der Waals surface area (Å²) in [6.45, 7) is 0.368. The lowest BCUT2D eigenvalue weighted by Gasteiger charge is -2.30. The van der Waals surface area contributed by atoms with Gasteiger partial charge in [-0.15, -0.1) is 0 Å². The second-order valence-electron chi connectivity index (χ2n) is 4.76. The van der Waals surface area contributed by atoms with Gasteiger partial charge in [0.05, 0.1) is 17.4 Å². The summed E-state index contributed by atoms with van der Waals surface area (Å²) in [6.07, 6.45) is 3.89. The Bertz CT molecular complexity index is 784. The number of H-pyrrole nitrogens is 1. The van der Waals surface area contributed by atoms with Crippen molar-refractivity contribution in [2.24, 2.45) is 0 Å². The molecule has 0 fully saturated rings. The van der Waals surface area contributed by atoms with Gasteiger partial charge in [0.2, 0.25) is 0 Å². The molecule has 2 aromatic rings. The number of benzene rings is 1. The average Bonchev–Trinajstić information content (AvgIpc) is 3.00. The molecule has 0 saturated heterocycles. The summed E-state index contributed by atoms with van der Waals surface area (Å²) in [7, 11) is -3.67. The third kappa shape index (κ3) is 2.27. The maximum absolute atomic E-state index is 12.6. The highest BCUT2D eigenvalue weighted by Crippen LogP contribution is 2.32. The molecule has 0 bridgehead atoms. The van der Waals surface area contributed by atoms with Crippen LogP contribution in [0.2, 0.25) is 0 Å². The maximum atomic E-state index is 12.6. The molecule has 0 amide bonds. The van der Waals surface area contributed by atoms with Crippen LogP contribution in [0.1, 0.15) is 22.3 Å². The van der Waals surface area contributed by atoms with E-state index in [2.05, 4.69) is 10.2 Å². The Kier molecular flexibility index (Phi) is 3.17. The van der Waals surface area contributed by atoms with Gasteiger partial charge in [-0.2, -0.15) is 5.10 Å². The number of fused-ring (bicyclic) bond motifs is 1. The van der Waals surface area contributed by atoms with Crippen molar-refractivity contribution in [2.45, 2.75) is 17.7 Å². The van der Waals surface area contributed by atoms with Crippen LogP contribution in [-0.2, 0) is 16.4 Å². The number of rotatable bonds is 3. The summed E-state index contributed by atoms with van der Waals surface area (Å²) in [5.74, 6) is -1.02. The fourth-order valence-electron chi connectivity index (χ4n) is 2.45. The Balaban J connectivity index is 2.07. The van der Waals surface area contributed by atoms with E-state index in [1.807, 2.05) is 0 Å². The first-order valence-electron chi connectivity index (χ1n) is 6.38. The fraction of sp³-hybridized carbons (Fsp3) is 0.231. The van der Waals surface area contributed by atoms with E-state index in [1.165, 1.54) is 28.8 Å². The van der Waals surface area contributed by atoms with Gasteiger partial charge >= 0.3 is 5.97 Å². The molecule has 0 spiro atoms. The van der Waals surface area contributed by atoms with Gasteiger partial charge in [0.25, 0.3) is 10.0 Å². The number of aromatic nitrogens is 2. The number of hydrogen-bond acceptors (Lipinski definition) is 4. The monoisotopic (exact) mass is 307 g/mol. The quantitative estimate of drug-likeness (QED) is 0.888. The summed E-state index contributed by atoms with van der Waals surface area (Å²) in [5, 5.41) is 15.2. The van der Waals surface area contributed by atoms with E-state index in [0.717, 1.165) is 5.56 Å². The number of sulfonamides is 1. The molecular formula is C13H13N3O4S. The summed E-state index contributed by atoms with van der Waals surface area (Å²) in [4.78, 5) is 11.1. The molecule has 0 aliphatic carbocycles.